The topological polar surface area (TPSA) is 83.4 Å². The summed E-state index contributed by atoms with van der Waals surface area (Å²) in [5.74, 6) is 0.872. The van der Waals surface area contributed by atoms with Gasteiger partial charge in [-0.15, -0.1) is 0 Å². The standard InChI is InChI=1S/C25H25N3O3S/c1-2-3-12-23(29)26-19-10-7-11-20(17-19)27-25(32)28-24(30)16-14-21-13-15-22(31-21)18-8-5-4-6-9-18/h4-11,13-17H,2-3,12H2,1H3,(H,26,29)(H2,27,28,30,32)/b16-14+. The van der Waals surface area contributed by atoms with Crippen molar-refractivity contribution in [2.24, 2.45) is 0 Å². The Morgan fingerprint density at radius 1 is 0.969 bits per heavy atom. The quantitative estimate of drug-likeness (QED) is 0.309. The van der Waals surface area contributed by atoms with E-state index in [1.54, 1.807) is 36.4 Å². The van der Waals surface area contributed by atoms with Crippen molar-refractivity contribution in [3.8, 4) is 11.3 Å². The third-order valence-electron chi connectivity index (χ3n) is 4.48. The number of hydrogen-bond donors (Lipinski definition) is 3. The number of unbranched alkanes of at least 4 members (excludes halogenated alkanes) is 1. The summed E-state index contributed by atoms with van der Waals surface area (Å²) in [5.41, 5.74) is 2.29. The van der Waals surface area contributed by atoms with E-state index in [-0.39, 0.29) is 16.9 Å². The number of rotatable bonds is 8. The zero-order chi connectivity index (χ0) is 22.8. The molecular weight excluding hydrogens is 422 g/mol. The first-order valence-corrected chi connectivity index (χ1v) is 10.8. The maximum Gasteiger partial charge on any atom is 0.250 e. The predicted octanol–water partition coefficient (Wildman–Crippen LogP) is 5.60. The highest BCUT2D eigenvalue weighted by atomic mass is 32.1. The highest BCUT2D eigenvalue weighted by molar-refractivity contribution is 7.80. The van der Waals surface area contributed by atoms with E-state index in [0.717, 1.165) is 24.2 Å². The average Bonchev–Trinajstić information content (AvgIpc) is 3.26. The summed E-state index contributed by atoms with van der Waals surface area (Å²) in [4.78, 5) is 24.1. The number of amides is 2. The van der Waals surface area contributed by atoms with E-state index in [2.05, 4.69) is 16.0 Å². The van der Waals surface area contributed by atoms with Gasteiger partial charge >= 0.3 is 0 Å². The van der Waals surface area contributed by atoms with E-state index in [1.807, 2.05) is 43.3 Å². The molecule has 32 heavy (non-hydrogen) atoms. The van der Waals surface area contributed by atoms with Gasteiger partial charge in [-0.3, -0.25) is 14.9 Å². The second kappa shape index (κ2) is 11.6. The van der Waals surface area contributed by atoms with E-state index in [1.165, 1.54) is 6.08 Å². The van der Waals surface area contributed by atoms with Crippen molar-refractivity contribution in [1.29, 1.82) is 0 Å². The molecule has 0 saturated heterocycles. The fraction of sp³-hybridized carbons (Fsp3) is 0.160. The molecule has 0 aliphatic heterocycles. The monoisotopic (exact) mass is 447 g/mol. The molecule has 7 heteroatoms. The van der Waals surface area contributed by atoms with Crippen LogP contribution in [0.4, 0.5) is 11.4 Å². The van der Waals surface area contributed by atoms with Gasteiger partial charge in [0, 0.05) is 29.4 Å². The maximum atomic E-state index is 12.2. The molecule has 0 radical (unpaired) electrons. The van der Waals surface area contributed by atoms with Gasteiger partial charge in [0.15, 0.2) is 5.11 Å². The minimum Gasteiger partial charge on any atom is -0.457 e. The van der Waals surface area contributed by atoms with Crippen molar-refractivity contribution in [2.75, 3.05) is 10.6 Å². The Morgan fingerprint density at radius 2 is 1.72 bits per heavy atom. The molecule has 1 aromatic heterocycles. The lowest BCUT2D eigenvalue weighted by Crippen LogP contribution is -2.32. The lowest BCUT2D eigenvalue weighted by atomic mass is 10.2. The van der Waals surface area contributed by atoms with Gasteiger partial charge in [-0.25, -0.2) is 0 Å². The summed E-state index contributed by atoms with van der Waals surface area (Å²) in [5, 5.41) is 8.54. The lowest BCUT2D eigenvalue weighted by Gasteiger charge is -2.10. The summed E-state index contributed by atoms with van der Waals surface area (Å²) in [6.07, 6.45) is 5.23. The zero-order valence-electron chi connectivity index (χ0n) is 17.8. The number of hydrogen-bond acceptors (Lipinski definition) is 4. The number of carbonyl (C=O) groups is 2. The lowest BCUT2D eigenvalue weighted by molar-refractivity contribution is -0.116. The van der Waals surface area contributed by atoms with Crippen molar-refractivity contribution in [3.05, 3.63) is 78.6 Å². The van der Waals surface area contributed by atoms with Crippen molar-refractivity contribution < 1.29 is 14.0 Å². The average molecular weight is 448 g/mol. The van der Waals surface area contributed by atoms with Gasteiger partial charge in [-0.2, -0.15) is 0 Å². The SMILES string of the molecule is CCCCC(=O)Nc1cccc(NC(=S)NC(=O)/C=C/c2ccc(-c3ccccc3)o2)c1. The smallest absolute Gasteiger partial charge is 0.250 e. The molecule has 164 valence electrons. The van der Waals surface area contributed by atoms with Crippen LogP contribution in [0, 0.1) is 0 Å². The van der Waals surface area contributed by atoms with Gasteiger partial charge in [0.25, 0.3) is 0 Å². The third-order valence-corrected chi connectivity index (χ3v) is 4.69. The van der Waals surface area contributed by atoms with E-state index < -0.39 is 0 Å². The number of benzene rings is 2. The summed E-state index contributed by atoms with van der Waals surface area (Å²) >= 11 is 5.21. The summed E-state index contributed by atoms with van der Waals surface area (Å²) in [7, 11) is 0. The number of anilines is 2. The molecule has 0 aliphatic rings. The predicted molar refractivity (Wildman–Crippen MR) is 132 cm³/mol. The van der Waals surface area contributed by atoms with Crippen LogP contribution in [0.25, 0.3) is 17.4 Å². The summed E-state index contributed by atoms with van der Waals surface area (Å²) in [6.45, 7) is 2.04. The highest BCUT2D eigenvalue weighted by Crippen LogP contribution is 2.22. The first kappa shape index (κ1) is 23.0. The van der Waals surface area contributed by atoms with Crippen LogP contribution in [-0.4, -0.2) is 16.9 Å². The van der Waals surface area contributed by atoms with Crippen LogP contribution in [0.2, 0.25) is 0 Å². The second-order valence-corrected chi connectivity index (χ2v) is 7.49. The summed E-state index contributed by atoms with van der Waals surface area (Å²) < 4.78 is 5.74. The van der Waals surface area contributed by atoms with Crippen molar-refractivity contribution in [3.63, 3.8) is 0 Å². The van der Waals surface area contributed by atoms with E-state index >= 15 is 0 Å². The van der Waals surface area contributed by atoms with Gasteiger partial charge in [0.2, 0.25) is 11.8 Å². The molecule has 2 aromatic carbocycles. The number of nitrogens with one attached hydrogen (secondary N) is 3. The van der Waals surface area contributed by atoms with Crippen LogP contribution in [0.1, 0.15) is 31.9 Å². The van der Waals surface area contributed by atoms with Crippen molar-refractivity contribution >= 4 is 46.6 Å². The van der Waals surface area contributed by atoms with Crippen LogP contribution < -0.4 is 16.0 Å². The third kappa shape index (κ3) is 7.21. The molecule has 2 amide bonds. The first-order chi connectivity index (χ1) is 15.5. The Bertz CT molecular complexity index is 1110. The van der Waals surface area contributed by atoms with Gasteiger partial charge in [0.1, 0.15) is 11.5 Å². The largest absolute Gasteiger partial charge is 0.457 e. The minimum atomic E-state index is -0.385. The van der Waals surface area contributed by atoms with Crippen LogP contribution in [0.15, 0.2) is 77.2 Å². The van der Waals surface area contributed by atoms with E-state index in [0.29, 0.717) is 23.6 Å². The zero-order valence-corrected chi connectivity index (χ0v) is 18.6. The molecule has 0 bridgehead atoms. The van der Waals surface area contributed by atoms with Crippen LogP contribution >= 0.6 is 12.2 Å². The van der Waals surface area contributed by atoms with E-state index in [9.17, 15) is 9.59 Å². The Morgan fingerprint density at radius 3 is 2.47 bits per heavy atom. The molecule has 0 unspecified atom stereocenters. The molecule has 3 N–H and O–H groups in total. The van der Waals surface area contributed by atoms with Gasteiger partial charge < -0.3 is 15.1 Å². The van der Waals surface area contributed by atoms with Crippen molar-refractivity contribution in [2.45, 2.75) is 26.2 Å². The van der Waals surface area contributed by atoms with Gasteiger partial charge in [0.05, 0.1) is 0 Å². The number of thiocarbonyl (C=S) groups is 1. The van der Waals surface area contributed by atoms with Crippen LogP contribution in [-0.2, 0) is 9.59 Å². The fourth-order valence-electron chi connectivity index (χ4n) is 2.91. The normalized spacial score (nSPS) is 10.7. The Labute approximate surface area is 192 Å². The molecule has 0 fully saturated rings. The number of carbonyl (C=O) groups excluding carboxylic acids is 2. The van der Waals surface area contributed by atoms with Crippen LogP contribution in [0.3, 0.4) is 0 Å². The minimum absolute atomic E-state index is 0.0293. The molecule has 6 nitrogen and oxygen atoms in total. The molecule has 1 heterocycles. The van der Waals surface area contributed by atoms with Crippen LogP contribution in [0.5, 0.6) is 0 Å². The summed E-state index contributed by atoms with van der Waals surface area (Å²) in [6, 6.07) is 20.5. The second-order valence-electron chi connectivity index (χ2n) is 7.08. The molecule has 3 rings (SSSR count). The highest BCUT2D eigenvalue weighted by Gasteiger charge is 2.06. The van der Waals surface area contributed by atoms with E-state index in [4.69, 9.17) is 16.6 Å². The molecule has 3 aromatic rings. The number of furan rings is 1. The molecular formula is C25H25N3O3S. The maximum absolute atomic E-state index is 12.2. The molecule has 0 aliphatic carbocycles. The Balaban J connectivity index is 1.51. The molecule has 0 saturated carbocycles. The first-order valence-electron chi connectivity index (χ1n) is 10.4. The molecule has 0 spiro atoms. The Kier molecular flexibility index (Phi) is 8.34. The Hall–Kier alpha value is -3.71. The van der Waals surface area contributed by atoms with Crippen molar-refractivity contribution in [1.82, 2.24) is 5.32 Å². The van der Waals surface area contributed by atoms with Gasteiger partial charge in [-0.05, 0) is 55.0 Å². The van der Waals surface area contributed by atoms with Gasteiger partial charge in [-0.1, -0.05) is 49.7 Å². The molecule has 0 atom stereocenters. The fourth-order valence-corrected chi connectivity index (χ4v) is 3.13.